The van der Waals surface area contributed by atoms with E-state index in [2.05, 4.69) is 78.0 Å². The summed E-state index contributed by atoms with van der Waals surface area (Å²) in [5, 5.41) is 3.08. The van der Waals surface area contributed by atoms with Gasteiger partial charge in [-0.3, -0.25) is 14.6 Å². The van der Waals surface area contributed by atoms with Gasteiger partial charge in [0.15, 0.2) is 0 Å². The van der Waals surface area contributed by atoms with Gasteiger partial charge in [-0.15, -0.1) is 0 Å². The standard InChI is InChI=1S/C32H45N3O2/c1-2-3-4-5-6-7-8-9-10-11-12-13-14-15-16-17-18-21-31(36)34-27-29-22-25-35(26-23-29)32(37)30-20-19-24-33-28-30/h3-4,6-7,9-10,12-13,15-16,19-20,24,28-29H,2,5,8,11,14,17-18,21-23,25-27H2,1H3,(H,34,36)/b4-3-,7-6-,10-9-,13-12-,16-15-. The lowest BCUT2D eigenvalue weighted by atomic mass is 9.96. The average molecular weight is 504 g/mol. The quantitative estimate of drug-likeness (QED) is 0.196. The van der Waals surface area contributed by atoms with Gasteiger partial charge in [0.2, 0.25) is 5.91 Å². The van der Waals surface area contributed by atoms with Crippen LogP contribution in [0.1, 0.15) is 81.5 Å². The zero-order valence-electron chi connectivity index (χ0n) is 22.6. The second-order valence-electron chi connectivity index (χ2n) is 9.38. The zero-order chi connectivity index (χ0) is 26.4. The number of rotatable bonds is 16. The molecule has 5 heteroatoms. The topological polar surface area (TPSA) is 62.3 Å². The fourth-order valence-electron chi connectivity index (χ4n) is 4.11. The molecule has 0 aromatic carbocycles. The van der Waals surface area contributed by atoms with Gasteiger partial charge in [0.25, 0.3) is 5.91 Å². The number of piperidine rings is 1. The molecule has 0 aliphatic carbocycles. The number of nitrogens with zero attached hydrogens (tertiary/aromatic N) is 2. The van der Waals surface area contributed by atoms with Crippen molar-refractivity contribution < 1.29 is 9.59 Å². The number of allylic oxidation sites excluding steroid dienone is 10. The SMILES string of the molecule is CC/C=C\C/C=C\C/C=C\C/C=C\C/C=C\CCCC(=O)NCC1CCN(C(=O)c2cccnc2)CC1. The number of carbonyl (C=O) groups excluding carboxylic acids is 2. The monoisotopic (exact) mass is 503 g/mol. The maximum absolute atomic E-state index is 12.5. The first-order chi connectivity index (χ1) is 18.2. The van der Waals surface area contributed by atoms with Crippen LogP contribution < -0.4 is 5.32 Å². The molecule has 2 rings (SSSR count). The highest BCUT2D eigenvalue weighted by Crippen LogP contribution is 2.18. The summed E-state index contributed by atoms with van der Waals surface area (Å²) in [5.41, 5.74) is 0.641. The minimum Gasteiger partial charge on any atom is -0.356 e. The van der Waals surface area contributed by atoms with Crippen LogP contribution in [0.15, 0.2) is 85.3 Å². The molecule has 1 fully saturated rings. The van der Waals surface area contributed by atoms with Crippen LogP contribution in [0, 0.1) is 5.92 Å². The van der Waals surface area contributed by atoms with Gasteiger partial charge < -0.3 is 10.2 Å². The molecule has 1 N–H and O–H groups in total. The third-order valence-electron chi connectivity index (χ3n) is 6.33. The molecule has 0 atom stereocenters. The van der Waals surface area contributed by atoms with Crippen molar-refractivity contribution >= 4 is 11.8 Å². The van der Waals surface area contributed by atoms with E-state index < -0.39 is 0 Å². The minimum atomic E-state index is 0.0469. The predicted octanol–water partition coefficient (Wildman–Crippen LogP) is 6.97. The van der Waals surface area contributed by atoms with Crippen molar-refractivity contribution in [2.75, 3.05) is 19.6 Å². The van der Waals surface area contributed by atoms with Gasteiger partial charge in [0, 0.05) is 38.4 Å². The maximum atomic E-state index is 12.5. The molecule has 2 heterocycles. The third-order valence-corrected chi connectivity index (χ3v) is 6.33. The fraction of sp³-hybridized carbons (Fsp3) is 0.469. The van der Waals surface area contributed by atoms with Crippen molar-refractivity contribution in [3.63, 3.8) is 0 Å². The smallest absolute Gasteiger partial charge is 0.255 e. The van der Waals surface area contributed by atoms with Gasteiger partial charge in [-0.1, -0.05) is 67.7 Å². The van der Waals surface area contributed by atoms with Gasteiger partial charge in [0.05, 0.1) is 5.56 Å². The normalized spacial score (nSPS) is 15.2. The van der Waals surface area contributed by atoms with Crippen LogP contribution in [-0.2, 0) is 4.79 Å². The third kappa shape index (κ3) is 14.2. The minimum absolute atomic E-state index is 0.0469. The number of nitrogens with one attached hydrogen (secondary N) is 1. The lowest BCUT2D eigenvalue weighted by Gasteiger charge is -2.32. The van der Waals surface area contributed by atoms with E-state index in [0.29, 0.717) is 24.4 Å². The number of hydrogen-bond acceptors (Lipinski definition) is 3. The van der Waals surface area contributed by atoms with Crippen molar-refractivity contribution in [1.29, 1.82) is 0 Å². The molecular weight excluding hydrogens is 458 g/mol. The summed E-state index contributed by atoms with van der Waals surface area (Å²) in [6.07, 6.45) is 34.5. The van der Waals surface area contributed by atoms with Crippen LogP contribution in [0.3, 0.4) is 0 Å². The Morgan fingerprint density at radius 3 is 2.08 bits per heavy atom. The van der Waals surface area contributed by atoms with E-state index in [-0.39, 0.29) is 11.8 Å². The maximum Gasteiger partial charge on any atom is 0.255 e. The highest BCUT2D eigenvalue weighted by atomic mass is 16.2. The second-order valence-corrected chi connectivity index (χ2v) is 9.38. The van der Waals surface area contributed by atoms with Gasteiger partial charge in [0.1, 0.15) is 0 Å². The Balaban J connectivity index is 1.44. The average Bonchev–Trinajstić information content (AvgIpc) is 2.94. The number of unbranched alkanes of at least 4 members (excludes halogenated alkanes) is 1. The number of likely N-dealkylation sites (tertiary alicyclic amines) is 1. The van der Waals surface area contributed by atoms with Crippen LogP contribution in [0.2, 0.25) is 0 Å². The van der Waals surface area contributed by atoms with Crippen LogP contribution >= 0.6 is 0 Å². The van der Waals surface area contributed by atoms with Crippen molar-refractivity contribution in [2.45, 2.75) is 71.1 Å². The van der Waals surface area contributed by atoms with E-state index >= 15 is 0 Å². The van der Waals surface area contributed by atoms with Crippen LogP contribution in [0.5, 0.6) is 0 Å². The Hall–Kier alpha value is -3.21. The second kappa shape index (κ2) is 19.9. The molecule has 0 spiro atoms. The summed E-state index contributed by atoms with van der Waals surface area (Å²) in [6.45, 7) is 4.32. The van der Waals surface area contributed by atoms with Crippen molar-refractivity contribution in [3.8, 4) is 0 Å². The molecule has 1 aromatic heterocycles. The fourth-order valence-corrected chi connectivity index (χ4v) is 4.11. The van der Waals surface area contributed by atoms with E-state index in [0.717, 1.165) is 70.9 Å². The molecule has 2 amide bonds. The Kier molecular flexibility index (Phi) is 16.2. The van der Waals surface area contributed by atoms with E-state index in [1.54, 1.807) is 24.5 Å². The van der Waals surface area contributed by atoms with Gasteiger partial charge in [-0.05, 0) is 75.8 Å². The molecule has 37 heavy (non-hydrogen) atoms. The Labute approximate surface area is 224 Å². The predicted molar refractivity (Wildman–Crippen MR) is 154 cm³/mol. The summed E-state index contributed by atoms with van der Waals surface area (Å²) >= 11 is 0. The number of carbonyl (C=O) groups is 2. The first kappa shape index (κ1) is 30.0. The molecular formula is C32H45N3O2. The highest BCUT2D eigenvalue weighted by Gasteiger charge is 2.23. The number of pyridine rings is 1. The number of hydrogen-bond donors (Lipinski definition) is 1. The van der Waals surface area contributed by atoms with Gasteiger partial charge in [-0.25, -0.2) is 0 Å². The van der Waals surface area contributed by atoms with Crippen molar-refractivity contribution in [2.24, 2.45) is 5.92 Å². The molecule has 0 bridgehead atoms. The lowest BCUT2D eigenvalue weighted by Crippen LogP contribution is -2.41. The van der Waals surface area contributed by atoms with Crippen LogP contribution in [0.25, 0.3) is 0 Å². The molecule has 1 aliphatic heterocycles. The molecule has 1 aromatic rings. The highest BCUT2D eigenvalue weighted by molar-refractivity contribution is 5.93. The number of amides is 2. The lowest BCUT2D eigenvalue weighted by molar-refractivity contribution is -0.121. The van der Waals surface area contributed by atoms with Crippen molar-refractivity contribution in [1.82, 2.24) is 15.2 Å². The Morgan fingerprint density at radius 1 is 0.919 bits per heavy atom. The summed E-state index contributed by atoms with van der Waals surface area (Å²) < 4.78 is 0. The number of aromatic nitrogens is 1. The summed E-state index contributed by atoms with van der Waals surface area (Å²) in [5.74, 6) is 0.611. The van der Waals surface area contributed by atoms with E-state index in [1.165, 1.54) is 0 Å². The first-order valence-corrected chi connectivity index (χ1v) is 13.9. The first-order valence-electron chi connectivity index (χ1n) is 13.9. The molecule has 0 unspecified atom stereocenters. The van der Waals surface area contributed by atoms with Crippen LogP contribution in [-0.4, -0.2) is 41.3 Å². The van der Waals surface area contributed by atoms with Crippen molar-refractivity contribution in [3.05, 3.63) is 90.9 Å². The largest absolute Gasteiger partial charge is 0.356 e. The summed E-state index contributed by atoms with van der Waals surface area (Å²) in [6, 6.07) is 3.60. The molecule has 0 saturated carbocycles. The van der Waals surface area contributed by atoms with Gasteiger partial charge in [-0.2, -0.15) is 0 Å². The van der Waals surface area contributed by atoms with E-state index in [4.69, 9.17) is 0 Å². The summed E-state index contributed by atoms with van der Waals surface area (Å²) in [7, 11) is 0. The zero-order valence-corrected chi connectivity index (χ0v) is 22.6. The van der Waals surface area contributed by atoms with Crippen LogP contribution in [0.4, 0.5) is 0 Å². The van der Waals surface area contributed by atoms with E-state index in [1.807, 2.05) is 4.90 Å². The molecule has 1 aliphatic rings. The molecule has 200 valence electrons. The Bertz CT molecular complexity index is 907. The molecule has 5 nitrogen and oxygen atoms in total. The van der Waals surface area contributed by atoms with Gasteiger partial charge >= 0.3 is 0 Å². The molecule has 1 saturated heterocycles. The van der Waals surface area contributed by atoms with E-state index in [9.17, 15) is 9.59 Å². The summed E-state index contributed by atoms with van der Waals surface area (Å²) in [4.78, 5) is 30.6. The molecule has 0 radical (unpaired) electrons. The Morgan fingerprint density at radius 2 is 1.51 bits per heavy atom.